The van der Waals surface area contributed by atoms with Crippen molar-refractivity contribution in [2.24, 2.45) is 0 Å². The van der Waals surface area contributed by atoms with Crippen LogP contribution in [0.2, 0.25) is 0 Å². The number of carbonyl (C=O) groups excluding carboxylic acids is 6. The Kier molecular flexibility index (Phi) is 93.4. The van der Waals surface area contributed by atoms with Gasteiger partial charge in [0, 0.05) is 89.2 Å². The summed E-state index contributed by atoms with van der Waals surface area (Å²) in [6, 6.07) is 0. The van der Waals surface area contributed by atoms with Gasteiger partial charge in [0.25, 0.3) is 0 Å². The minimum Gasteiger partial charge on any atom is -0.454 e. The smallest absolute Gasteiger partial charge is 0.403 e. The number of halogens is 6. The zero-order valence-electron chi connectivity index (χ0n) is 26.4. The van der Waals surface area contributed by atoms with Crippen molar-refractivity contribution in [3.05, 3.63) is 0 Å². The Hall–Kier alpha value is -1.76. The molecule has 6 N–H and O–H groups in total. The zero-order valence-corrected chi connectivity index (χ0v) is 30.9. The average molecular weight is 911 g/mol. The molecule has 0 aromatic carbocycles. The van der Waals surface area contributed by atoms with Gasteiger partial charge in [-0.1, -0.05) is 22.3 Å². The second-order valence-corrected chi connectivity index (χ2v) is 8.64. The molecule has 0 amide bonds. The van der Waals surface area contributed by atoms with Crippen LogP contribution in [0.4, 0.5) is 28.8 Å². The third-order valence-corrected chi connectivity index (χ3v) is 3.66. The standard InChI is InChI=1S/C6H8Cl2O5.C5H6Cl2O4.C4H4Cl2O4.C4H10O3.C3H8O2.C2H6O2.3CH4/c7-5(9)12-3-1-11-2-4-13-6(8)10;6-4(8)10-2-1-3-11-5(7)9;5-3(7)9-1-2-10-4(6)8;5-1-3-7-4-2-6;4-2-1-3-5;3-1-2-4;;;/h1-4H2;1-3H2;1-2H2;5-6H,1-4H2;4-5H,1-3H2;3-4H,1-2H2;3*1H4. The monoisotopic (exact) mass is 908 g/mol. The SMILES string of the molecule is C.C.C.O=C(Cl)OCCCOC(=O)Cl.O=C(Cl)OCCOC(=O)Cl.O=C(Cl)OCCOCCOC(=O)Cl.OCCCO.OCCO.OCCOCCO. The van der Waals surface area contributed by atoms with Crippen LogP contribution in [0.15, 0.2) is 0 Å². The van der Waals surface area contributed by atoms with E-state index in [0.717, 1.165) is 0 Å². The van der Waals surface area contributed by atoms with Gasteiger partial charge in [-0.05, 0) is 6.42 Å². The molecular formula is C27H54Cl6O20. The van der Waals surface area contributed by atoms with Crippen molar-refractivity contribution in [1.29, 1.82) is 0 Å². The second kappa shape index (κ2) is 68.3. The van der Waals surface area contributed by atoms with E-state index in [1.54, 1.807) is 0 Å². The summed E-state index contributed by atoms with van der Waals surface area (Å²) in [4.78, 5) is 59.7. The molecule has 0 heterocycles. The van der Waals surface area contributed by atoms with Crippen molar-refractivity contribution < 1.29 is 97.3 Å². The maximum absolute atomic E-state index is 10.0. The maximum atomic E-state index is 10.0. The van der Waals surface area contributed by atoms with E-state index in [1.807, 2.05) is 0 Å². The second-order valence-electron chi connectivity index (χ2n) is 6.79. The Labute approximate surface area is 339 Å². The largest absolute Gasteiger partial charge is 0.454 e. The first-order valence-electron chi connectivity index (χ1n) is 13.4. The molecule has 26 heteroatoms. The summed E-state index contributed by atoms with van der Waals surface area (Å²) < 4.78 is 35.2. The van der Waals surface area contributed by atoms with Gasteiger partial charge in [0.05, 0.1) is 66.1 Å². The van der Waals surface area contributed by atoms with E-state index in [-0.39, 0.29) is 115 Å². The molecule has 0 spiro atoms. The molecule has 0 aliphatic carbocycles. The van der Waals surface area contributed by atoms with Gasteiger partial charge in [0.15, 0.2) is 0 Å². The van der Waals surface area contributed by atoms with Crippen LogP contribution in [0, 0.1) is 0 Å². The molecule has 0 aliphatic heterocycles. The topological polar surface area (TPSA) is 298 Å². The first kappa shape index (κ1) is 72.5. The molecule has 324 valence electrons. The van der Waals surface area contributed by atoms with E-state index in [4.69, 9.17) is 105 Å². The van der Waals surface area contributed by atoms with Gasteiger partial charge >= 0.3 is 32.6 Å². The van der Waals surface area contributed by atoms with Gasteiger partial charge in [-0.25, -0.2) is 28.8 Å². The van der Waals surface area contributed by atoms with Crippen molar-refractivity contribution in [3.8, 4) is 0 Å². The number of hydrogen-bond acceptors (Lipinski definition) is 20. The Morgan fingerprint density at radius 2 is 0.528 bits per heavy atom. The highest BCUT2D eigenvalue weighted by Gasteiger charge is 1.99. The predicted molar refractivity (Wildman–Crippen MR) is 197 cm³/mol. The molecule has 0 saturated heterocycles. The van der Waals surface area contributed by atoms with Crippen LogP contribution in [0.1, 0.15) is 35.1 Å². The van der Waals surface area contributed by atoms with E-state index >= 15 is 0 Å². The van der Waals surface area contributed by atoms with Crippen LogP contribution in [0.3, 0.4) is 0 Å². The predicted octanol–water partition coefficient (Wildman–Crippen LogP) is 4.85. The normalized spacial score (nSPS) is 8.38. The molecule has 0 aromatic rings. The Morgan fingerprint density at radius 1 is 0.302 bits per heavy atom. The van der Waals surface area contributed by atoms with Crippen molar-refractivity contribution >= 4 is 102 Å². The van der Waals surface area contributed by atoms with Crippen LogP contribution >= 0.6 is 69.6 Å². The first-order valence-corrected chi connectivity index (χ1v) is 15.6. The maximum Gasteiger partial charge on any atom is 0.403 e. The van der Waals surface area contributed by atoms with Gasteiger partial charge < -0.3 is 68.5 Å². The summed E-state index contributed by atoms with van der Waals surface area (Å²) in [5.74, 6) is 0. The number of hydrogen-bond donors (Lipinski definition) is 6. The fraction of sp³-hybridized carbons (Fsp3) is 0.778. The zero-order chi connectivity index (χ0) is 39.8. The summed E-state index contributed by atoms with van der Waals surface area (Å²) in [6.07, 6.45) is 0.886. The van der Waals surface area contributed by atoms with Gasteiger partial charge in [0.2, 0.25) is 0 Å². The van der Waals surface area contributed by atoms with Crippen LogP contribution in [0.5, 0.6) is 0 Å². The Morgan fingerprint density at radius 3 is 0.717 bits per heavy atom. The van der Waals surface area contributed by atoms with Gasteiger partial charge in [-0.3, -0.25) is 0 Å². The van der Waals surface area contributed by atoms with Crippen LogP contribution < -0.4 is 0 Å². The lowest BCUT2D eigenvalue weighted by Gasteiger charge is -2.03. The third kappa shape index (κ3) is 128. The minimum absolute atomic E-state index is 0. The molecule has 0 radical (unpaired) electrons. The van der Waals surface area contributed by atoms with E-state index in [9.17, 15) is 28.8 Å². The van der Waals surface area contributed by atoms with E-state index < -0.39 is 32.6 Å². The number of aliphatic hydroxyl groups is 6. The van der Waals surface area contributed by atoms with Crippen molar-refractivity contribution in [3.63, 3.8) is 0 Å². The molecule has 0 unspecified atom stereocenters. The van der Waals surface area contributed by atoms with Gasteiger partial charge in [-0.2, -0.15) is 0 Å². The Bertz CT molecular complexity index is 730. The molecule has 0 aromatic heterocycles. The summed E-state index contributed by atoms with van der Waals surface area (Å²) >= 11 is 28.9. The highest BCUT2D eigenvalue weighted by molar-refractivity contribution is 6.62. The minimum atomic E-state index is -0.939. The number of rotatable bonds is 20. The van der Waals surface area contributed by atoms with Crippen LogP contribution in [-0.4, -0.2) is 169 Å². The lowest BCUT2D eigenvalue weighted by atomic mass is 10.5. The fourth-order valence-corrected chi connectivity index (χ4v) is 1.84. The van der Waals surface area contributed by atoms with Crippen molar-refractivity contribution in [2.75, 3.05) is 106 Å². The number of carbonyl (C=O) groups is 6. The van der Waals surface area contributed by atoms with Gasteiger partial charge in [0.1, 0.15) is 26.4 Å². The molecule has 0 aliphatic rings. The number of aliphatic hydroxyl groups excluding tert-OH is 6. The third-order valence-electron chi connectivity index (χ3n) is 3.01. The lowest BCUT2D eigenvalue weighted by molar-refractivity contribution is 0.0555. The molecule has 0 atom stereocenters. The molecule has 0 bridgehead atoms. The first-order chi connectivity index (χ1) is 23.6. The molecule has 0 fully saturated rings. The van der Waals surface area contributed by atoms with E-state index in [1.165, 1.54) is 0 Å². The molecule has 0 saturated carbocycles. The fourth-order valence-electron chi connectivity index (χ4n) is 1.37. The van der Waals surface area contributed by atoms with E-state index in [2.05, 4.69) is 33.2 Å². The highest BCUT2D eigenvalue weighted by atomic mass is 35.5. The molecule has 53 heavy (non-hydrogen) atoms. The summed E-state index contributed by atoms with van der Waals surface area (Å²) in [5.41, 5.74) is -5.38. The highest BCUT2D eigenvalue weighted by Crippen LogP contribution is 1.93. The average Bonchev–Trinajstić information content (AvgIpc) is 3.04. The molecular weight excluding hydrogens is 857 g/mol. The van der Waals surface area contributed by atoms with Gasteiger partial charge in [-0.15, -0.1) is 0 Å². The van der Waals surface area contributed by atoms with Crippen molar-refractivity contribution in [2.45, 2.75) is 35.1 Å². The Balaban J connectivity index is -0.0000000643. The van der Waals surface area contributed by atoms with Crippen LogP contribution in [0.25, 0.3) is 0 Å². The van der Waals surface area contributed by atoms with E-state index in [0.29, 0.717) is 26.1 Å². The summed E-state index contributed by atoms with van der Waals surface area (Å²) in [5, 5.41) is 47.2. The summed E-state index contributed by atoms with van der Waals surface area (Å²) in [7, 11) is 0. The molecule has 0 rings (SSSR count). The summed E-state index contributed by atoms with van der Waals surface area (Å²) in [6.45, 7) is 1.22. The van der Waals surface area contributed by atoms with Crippen molar-refractivity contribution in [1.82, 2.24) is 0 Å². The number of ether oxygens (including phenoxy) is 8. The van der Waals surface area contributed by atoms with Crippen LogP contribution in [-0.2, 0) is 37.9 Å². The quantitative estimate of drug-likeness (QED) is 0.0540. The lowest BCUT2D eigenvalue weighted by Crippen LogP contribution is -2.10. The molecule has 20 nitrogen and oxygen atoms in total.